The van der Waals surface area contributed by atoms with Crippen molar-refractivity contribution in [2.24, 2.45) is 23.2 Å². The molecular formula is C23H26ClN3O3S. The van der Waals surface area contributed by atoms with Crippen LogP contribution < -0.4 is 10.6 Å². The molecule has 3 aliphatic rings. The zero-order valence-electron chi connectivity index (χ0n) is 17.8. The number of urea groups is 1. The summed E-state index contributed by atoms with van der Waals surface area (Å²) >= 11 is 7.45. The van der Waals surface area contributed by atoms with E-state index in [1.807, 2.05) is 6.92 Å². The van der Waals surface area contributed by atoms with Gasteiger partial charge in [0.25, 0.3) is 0 Å². The van der Waals surface area contributed by atoms with Crippen LogP contribution in [-0.4, -0.2) is 23.1 Å². The summed E-state index contributed by atoms with van der Waals surface area (Å²) in [5, 5.41) is 6.90. The van der Waals surface area contributed by atoms with Gasteiger partial charge in [-0.3, -0.25) is 10.1 Å². The van der Waals surface area contributed by atoms with E-state index in [1.165, 1.54) is 4.88 Å². The molecule has 2 heterocycles. The molecule has 1 aromatic heterocycles. The van der Waals surface area contributed by atoms with E-state index < -0.39 is 0 Å². The van der Waals surface area contributed by atoms with Crippen molar-refractivity contribution in [3.63, 3.8) is 0 Å². The molecule has 1 saturated carbocycles. The summed E-state index contributed by atoms with van der Waals surface area (Å²) in [7, 11) is 0. The lowest BCUT2D eigenvalue weighted by Crippen LogP contribution is -2.50. The van der Waals surface area contributed by atoms with Gasteiger partial charge in [-0.1, -0.05) is 32.4 Å². The number of carbonyl (C=O) groups excluding carboxylic acids is 2. The van der Waals surface area contributed by atoms with Crippen LogP contribution in [0.1, 0.15) is 50.1 Å². The van der Waals surface area contributed by atoms with Crippen molar-refractivity contribution < 1.29 is 14.3 Å². The van der Waals surface area contributed by atoms with Gasteiger partial charge < -0.3 is 10.1 Å². The maximum absolute atomic E-state index is 12.5. The number of rotatable bonds is 2. The summed E-state index contributed by atoms with van der Waals surface area (Å²) in [6, 6.07) is 6.63. The highest BCUT2D eigenvalue weighted by molar-refractivity contribution is 7.15. The summed E-state index contributed by atoms with van der Waals surface area (Å²) in [4.78, 5) is 30.7. The Morgan fingerprint density at radius 3 is 2.71 bits per heavy atom. The molecule has 5 rings (SSSR count). The van der Waals surface area contributed by atoms with Crippen molar-refractivity contribution in [2.45, 2.75) is 52.1 Å². The second-order valence-electron chi connectivity index (χ2n) is 9.45. The third-order valence-corrected chi connectivity index (χ3v) is 8.72. The van der Waals surface area contributed by atoms with Gasteiger partial charge in [0.15, 0.2) is 5.13 Å². The van der Waals surface area contributed by atoms with Crippen molar-refractivity contribution in [1.82, 2.24) is 4.98 Å². The van der Waals surface area contributed by atoms with E-state index >= 15 is 0 Å². The number of amides is 2. The standard InChI is InChI=1S/C23H26ClN3O3S/c1-11-15-8-9-23(3)10-16-18(12(2)17(23)19(15)30-20(11)28)26-22(31-16)27-21(29)25-14-6-4-13(24)5-7-14/h4-7,11-12,15,17,19H,8-10H2,1-3H3,(H2,25,26,27,29)/t11-,12+,15-,17+,19+,23+/m0/s1. The van der Waals surface area contributed by atoms with Crippen LogP contribution in [0.25, 0.3) is 0 Å². The summed E-state index contributed by atoms with van der Waals surface area (Å²) in [5.41, 5.74) is 1.77. The first-order chi connectivity index (χ1) is 14.7. The second kappa shape index (κ2) is 7.48. The number of carbonyl (C=O) groups is 2. The molecular weight excluding hydrogens is 434 g/mol. The second-order valence-corrected chi connectivity index (χ2v) is 11.0. The van der Waals surface area contributed by atoms with E-state index in [0.29, 0.717) is 21.8 Å². The maximum Gasteiger partial charge on any atom is 0.325 e. The van der Waals surface area contributed by atoms with Crippen molar-refractivity contribution in [3.05, 3.63) is 39.9 Å². The summed E-state index contributed by atoms with van der Waals surface area (Å²) in [6.45, 7) is 6.51. The molecule has 164 valence electrons. The first kappa shape index (κ1) is 20.8. The Morgan fingerprint density at radius 1 is 1.23 bits per heavy atom. The van der Waals surface area contributed by atoms with Crippen molar-refractivity contribution in [2.75, 3.05) is 10.6 Å². The molecule has 0 unspecified atom stereocenters. The fourth-order valence-corrected chi connectivity index (χ4v) is 7.31. The van der Waals surface area contributed by atoms with E-state index in [9.17, 15) is 9.59 Å². The molecule has 0 spiro atoms. The number of thiazole rings is 1. The molecule has 2 aromatic rings. The topological polar surface area (TPSA) is 80.3 Å². The number of aromatic nitrogens is 1. The minimum Gasteiger partial charge on any atom is -0.461 e. The van der Waals surface area contributed by atoms with Gasteiger partial charge in [0, 0.05) is 33.3 Å². The number of nitrogens with zero attached hydrogens (tertiary/aromatic N) is 1. The van der Waals surface area contributed by atoms with Gasteiger partial charge in [0.05, 0.1) is 11.6 Å². The lowest BCUT2D eigenvalue weighted by molar-refractivity contribution is -0.149. The molecule has 2 N–H and O–H groups in total. The van der Waals surface area contributed by atoms with E-state index in [4.69, 9.17) is 21.3 Å². The van der Waals surface area contributed by atoms with Crippen molar-refractivity contribution >= 4 is 45.8 Å². The lowest BCUT2D eigenvalue weighted by atomic mass is 9.54. The van der Waals surface area contributed by atoms with Gasteiger partial charge >= 0.3 is 12.0 Å². The molecule has 1 saturated heterocycles. The Hall–Kier alpha value is -2.12. The molecule has 6 nitrogen and oxygen atoms in total. The van der Waals surface area contributed by atoms with Gasteiger partial charge in [-0.15, -0.1) is 11.3 Å². The minimum atomic E-state index is -0.330. The Kier molecular flexibility index (Phi) is 5.01. The van der Waals surface area contributed by atoms with Gasteiger partial charge in [-0.05, 0) is 48.9 Å². The van der Waals surface area contributed by atoms with Crippen LogP contribution in [-0.2, 0) is 16.0 Å². The van der Waals surface area contributed by atoms with E-state index in [0.717, 1.165) is 25.0 Å². The van der Waals surface area contributed by atoms with Gasteiger partial charge in [0.1, 0.15) is 6.10 Å². The first-order valence-electron chi connectivity index (χ1n) is 10.8. The van der Waals surface area contributed by atoms with Crippen LogP contribution in [0.4, 0.5) is 15.6 Å². The Morgan fingerprint density at radius 2 is 1.97 bits per heavy atom. The zero-order chi connectivity index (χ0) is 21.9. The smallest absolute Gasteiger partial charge is 0.325 e. The van der Waals surface area contributed by atoms with Crippen LogP contribution in [0.5, 0.6) is 0 Å². The fraction of sp³-hybridized carbons (Fsp3) is 0.522. The van der Waals surface area contributed by atoms with Crippen molar-refractivity contribution in [3.8, 4) is 0 Å². The number of nitrogens with one attached hydrogen (secondary N) is 2. The molecule has 0 bridgehead atoms. The minimum absolute atomic E-state index is 0.0210. The third-order valence-electron chi connectivity index (χ3n) is 7.48. The molecule has 1 aromatic carbocycles. The fourth-order valence-electron chi connectivity index (χ4n) is 5.92. The van der Waals surface area contributed by atoms with E-state index in [2.05, 4.69) is 24.5 Å². The third kappa shape index (κ3) is 3.52. The highest BCUT2D eigenvalue weighted by Gasteiger charge is 2.58. The van der Waals surface area contributed by atoms with Gasteiger partial charge in [-0.25, -0.2) is 9.78 Å². The molecule has 2 amide bonds. The predicted molar refractivity (Wildman–Crippen MR) is 122 cm³/mol. The number of halogens is 1. The number of anilines is 2. The van der Waals surface area contributed by atoms with Crippen LogP contribution >= 0.6 is 22.9 Å². The summed E-state index contributed by atoms with van der Waals surface area (Å²) in [6.07, 6.45) is 2.99. The highest BCUT2D eigenvalue weighted by atomic mass is 35.5. The molecule has 2 aliphatic carbocycles. The van der Waals surface area contributed by atoms with E-state index in [1.54, 1.807) is 35.6 Å². The average Bonchev–Trinajstić information content (AvgIpc) is 3.23. The quantitative estimate of drug-likeness (QED) is 0.565. The summed E-state index contributed by atoms with van der Waals surface area (Å²) in [5.74, 6) is 0.649. The number of fused-ring (bicyclic) bond motifs is 4. The van der Waals surface area contributed by atoms with Crippen molar-refractivity contribution in [1.29, 1.82) is 0 Å². The zero-order valence-corrected chi connectivity index (χ0v) is 19.3. The van der Waals surface area contributed by atoms with Crippen LogP contribution in [0, 0.1) is 23.2 Å². The maximum atomic E-state index is 12.5. The Bertz CT molecular complexity index is 1040. The molecule has 8 heteroatoms. The number of benzene rings is 1. The average molecular weight is 460 g/mol. The predicted octanol–water partition coefficient (Wildman–Crippen LogP) is 5.69. The molecule has 2 fully saturated rings. The number of esters is 1. The lowest BCUT2D eigenvalue weighted by Gasteiger charge is -2.51. The van der Waals surface area contributed by atoms with Gasteiger partial charge in [0.2, 0.25) is 0 Å². The molecule has 0 radical (unpaired) electrons. The van der Waals surface area contributed by atoms with E-state index in [-0.39, 0.29) is 41.3 Å². The van der Waals surface area contributed by atoms with Crippen LogP contribution in [0.2, 0.25) is 5.02 Å². The van der Waals surface area contributed by atoms with Crippen LogP contribution in [0.3, 0.4) is 0 Å². The largest absolute Gasteiger partial charge is 0.461 e. The monoisotopic (exact) mass is 459 g/mol. The molecule has 1 aliphatic heterocycles. The number of hydrogen-bond donors (Lipinski definition) is 2. The number of ether oxygens (including phenoxy) is 1. The first-order valence-corrected chi connectivity index (χ1v) is 12.0. The SMILES string of the molecule is C[C@@H]1C(=O)O[C@@H]2[C@H]1CC[C@]1(C)Cc3sc(NC(=O)Nc4ccc(Cl)cc4)nc3[C@H](C)[C@H]21. The molecule has 31 heavy (non-hydrogen) atoms. The normalized spacial score (nSPS) is 33.7. The van der Waals surface area contributed by atoms with Crippen LogP contribution in [0.15, 0.2) is 24.3 Å². The molecule has 6 atom stereocenters. The summed E-state index contributed by atoms with van der Waals surface area (Å²) < 4.78 is 5.89. The highest BCUT2D eigenvalue weighted by Crippen LogP contribution is 2.59. The van der Waals surface area contributed by atoms with Gasteiger partial charge in [-0.2, -0.15) is 0 Å². The number of hydrogen-bond acceptors (Lipinski definition) is 5. The Labute approximate surface area is 190 Å². The Balaban J connectivity index is 1.36.